The van der Waals surface area contributed by atoms with Crippen LogP contribution in [-0.2, 0) is 13.0 Å². The molecule has 1 amide bonds. The van der Waals surface area contributed by atoms with E-state index in [2.05, 4.69) is 22.1 Å². The van der Waals surface area contributed by atoms with Crippen LogP contribution in [0.25, 0.3) is 10.2 Å². The summed E-state index contributed by atoms with van der Waals surface area (Å²) < 4.78 is 15.0. The first kappa shape index (κ1) is 21.0. The van der Waals surface area contributed by atoms with Crippen molar-refractivity contribution in [2.45, 2.75) is 13.0 Å². The highest BCUT2D eigenvalue weighted by atomic mass is 32.1. The van der Waals surface area contributed by atoms with Gasteiger partial charge in [0.2, 0.25) is 0 Å². The van der Waals surface area contributed by atoms with Gasteiger partial charge < -0.3 is 0 Å². The molecule has 0 aliphatic heterocycles. The second kappa shape index (κ2) is 9.30. The number of carbonyl (C=O) groups excluding carboxylic acids is 1. The van der Waals surface area contributed by atoms with E-state index in [0.29, 0.717) is 21.9 Å². The second-order valence-electron chi connectivity index (χ2n) is 7.69. The van der Waals surface area contributed by atoms with Crippen molar-refractivity contribution < 1.29 is 9.18 Å². The number of benzene rings is 3. The molecule has 0 atom stereocenters. The summed E-state index contributed by atoms with van der Waals surface area (Å²) in [5.74, 6) is -0.585. The number of hydrogen-bond acceptors (Lipinski definition) is 4. The summed E-state index contributed by atoms with van der Waals surface area (Å²) in [7, 11) is 0. The maximum Gasteiger partial charge on any atom is 0.260 e. The molecule has 0 N–H and O–H groups in total. The fraction of sp³-hybridized carbons (Fsp3) is 0.0741. The third kappa shape index (κ3) is 4.66. The van der Waals surface area contributed by atoms with Crippen LogP contribution in [0.4, 0.5) is 9.52 Å². The van der Waals surface area contributed by atoms with Gasteiger partial charge in [0.25, 0.3) is 5.91 Å². The van der Waals surface area contributed by atoms with Gasteiger partial charge in [0.05, 0.1) is 11.2 Å². The van der Waals surface area contributed by atoms with Crippen LogP contribution in [0.3, 0.4) is 0 Å². The lowest BCUT2D eigenvalue weighted by molar-refractivity contribution is 0.0985. The van der Waals surface area contributed by atoms with Gasteiger partial charge >= 0.3 is 0 Å². The number of hydrogen-bond donors (Lipinski definition) is 0. The molecular formula is C27H20FN3OS. The normalized spacial score (nSPS) is 10.9. The van der Waals surface area contributed by atoms with Gasteiger partial charge in [-0.05, 0) is 53.4 Å². The first-order valence-electron chi connectivity index (χ1n) is 10.6. The SMILES string of the molecule is O=C(c1ccc(Cc2ccccc2)cc1)N(Cc1cccnc1)c1nc2c(F)cccc2s1. The molecule has 0 saturated carbocycles. The Morgan fingerprint density at radius 1 is 0.848 bits per heavy atom. The van der Waals surface area contributed by atoms with Gasteiger partial charge in [-0.2, -0.15) is 0 Å². The first-order chi connectivity index (χ1) is 16.2. The van der Waals surface area contributed by atoms with E-state index in [1.54, 1.807) is 23.4 Å². The van der Waals surface area contributed by atoms with Crippen LogP contribution < -0.4 is 4.90 Å². The Bertz CT molecular complexity index is 1390. The van der Waals surface area contributed by atoms with Crippen LogP contribution in [0, 0.1) is 5.82 Å². The van der Waals surface area contributed by atoms with Crippen molar-refractivity contribution >= 4 is 32.6 Å². The fourth-order valence-electron chi connectivity index (χ4n) is 3.67. The predicted molar refractivity (Wildman–Crippen MR) is 130 cm³/mol. The van der Waals surface area contributed by atoms with E-state index >= 15 is 0 Å². The highest BCUT2D eigenvalue weighted by Crippen LogP contribution is 2.32. The molecule has 0 saturated heterocycles. The molecule has 6 heteroatoms. The van der Waals surface area contributed by atoms with Gasteiger partial charge in [0, 0.05) is 18.0 Å². The maximum absolute atomic E-state index is 14.3. The van der Waals surface area contributed by atoms with E-state index in [1.165, 1.54) is 23.0 Å². The summed E-state index contributed by atoms with van der Waals surface area (Å²) in [6.45, 7) is 0.292. The molecule has 5 aromatic rings. The topological polar surface area (TPSA) is 46.1 Å². The lowest BCUT2D eigenvalue weighted by atomic mass is 10.0. The molecule has 4 nitrogen and oxygen atoms in total. The Labute approximate surface area is 195 Å². The van der Waals surface area contributed by atoms with Crippen molar-refractivity contribution in [1.82, 2.24) is 9.97 Å². The van der Waals surface area contributed by atoms with E-state index < -0.39 is 5.82 Å². The quantitative estimate of drug-likeness (QED) is 0.304. The lowest BCUT2D eigenvalue weighted by Gasteiger charge is -2.20. The molecule has 0 radical (unpaired) electrons. The Hall–Kier alpha value is -3.90. The molecule has 3 aromatic carbocycles. The van der Waals surface area contributed by atoms with Crippen LogP contribution in [0.2, 0.25) is 0 Å². The maximum atomic E-state index is 14.3. The van der Waals surface area contributed by atoms with Gasteiger partial charge in [-0.3, -0.25) is 14.7 Å². The number of nitrogens with zero attached hydrogens (tertiary/aromatic N) is 3. The summed E-state index contributed by atoms with van der Waals surface area (Å²) in [6, 6.07) is 26.4. The minimum Gasteiger partial charge on any atom is -0.279 e. The van der Waals surface area contributed by atoms with Crippen LogP contribution in [0.5, 0.6) is 0 Å². The van der Waals surface area contributed by atoms with Gasteiger partial charge in [0.1, 0.15) is 11.3 Å². The predicted octanol–water partition coefficient (Wildman–Crippen LogP) is 6.27. The van der Waals surface area contributed by atoms with Crippen molar-refractivity contribution in [1.29, 1.82) is 0 Å². The summed E-state index contributed by atoms with van der Waals surface area (Å²) >= 11 is 1.30. The minimum atomic E-state index is -0.394. The van der Waals surface area contributed by atoms with Crippen molar-refractivity contribution in [2.75, 3.05) is 4.90 Å². The molecule has 2 heterocycles. The average Bonchev–Trinajstić information content (AvgIpc) is 3.29. The Kier molecular flexibility index (Phi) is 5.91. The molecule has 0 bridgehead atoms. The van der Waals surface area contributed by atoms with Crippen molar-refractivity contribution in [3.63, 3.8) is 0 Å². The monoisotopic (exact) mass is 453 g/mol. The van der Waals surface area contributed by atoms with E-state index in [0.717, 1.165) is 17.5 Å². The number of carbonyl (C=O) groups is 1. The zero-order chi connectivity index (χ0) is 22.6. The van der Waals surface area contributed by atoms with E-state index in [9.17, 15) is 9.18 Å². The number of para-hydroxylation sites is 1. The largest absolute Gasteiger partial charge is 0.279 e. The molecular weight excluding hydrogens is 433 g/mol. The number of halogens is 1. The number of pyridine rings is 1. The number of anilines is 1. The van der Waals surface area contributed by atoms with Crippen molar-refractivity contribution in [3.05, 3.63) is 125 Å². The van der Waals surface area contributed by atoms with Crippen LogP contribution >= 0.6 is 11.3 Å². The van der Waals surface area contributed by atoms with E-state index in [4.69, 9.17) is 0 Å². The Morgan fingerprint density at radius 2 is 1.61 bits per heavy atom. The highest BCUT2D eigenvalue weighted by Gasteiger charge is 2.22. The molecule has 162 valence electrons. The summed E-state index contributed by atoms with van der Waals surface area (Å²) in [5.41, 5.74) is 4.03. The standard InChI is InChI=1S/C27H20FN3OS/c28-23-9-4-10-24-25(23)30-27(33-24)31(18-21-8-5-15-29-17-21)26(32)22-13-11-20(12-14-22)16-19-6-2-1-3-7-19/h1-15,17H,16,18H2. The van der Waals surface area contributed by atoms with E-state index in [-0.39, 0.29) is 11.4 Å². The highest BCUT2D eigenvalue weighted by molar-refractivity contribution is 7.22. The third-order valence-electron chi connectivity index (χ3n) is 5.35. The molecule has 5 rings (SSSR count). The number of aromatic nitrogens is 2. The second-order valence-corrected chi connectivity index (χ2v) is 8.70. The van der Waals surface area contributed by atoms with Crippen molar-refractivity contribution in [3.8, 4) is 0 Å². The Balaban J connectivity index is 1.46. The number of thiazole rings is 1. The number of rotatable bonds is 6. The number of amides is 1. The van der Waals surface area contributed by atoms with Crippen LogP contribution in [0.15, 0.2) is 97.3 Å². The van der Waals surface area contributed by atoms with Crippen molar-refractivity contribution in [2.24, 2.45) is 0 Å². The molecule has 0 fully saturated rings. The first-order valence-corrected chi connectivity index (χ1v) is 11.4. The summed E-state index contributed by atoms with van der Waals surface area (Å²) in [4.78, 5) is 23.8. The zero-order valence-corrected chi connectivity index (χ0v) is 18.5. The summed E-state index contributed by atoms with van der Waals surface area (Å²) in [6.07, 6.45) is 4.21. The van der Waals surface area contributed by atoms with Gasteiger partial charge in [-0.15, -0.1) is 0 Å². The van der Waals surface area contributed by atoms with Gasteiger partial charge in [-0.1, -0.05) is 65.9 Å². The minimum absolute atomic E-state index is 0.190. The molecule has 0 unspecified atom stereocenters. The van der Waals surface area contributed by atoms with Gasteiger partial charge in [-0.25, -0.2) is 9.37 Å². The molecule has 0 aliphatic carbocycles. The molecule has 2 aromatic heterocycles. The average molecular weight is 454 g/mol. The Morgan fingerprint density at radius 3 is 2.33 bits per heavy atom. The van der Waals surface area contributed by atoms with Crippen LogP contribution in [-0.4, -0.2) is 15.9 Å². The third-order valence-corrected chi connectivity index (χ3v) is 6.39. The fourth-order valence-corrected chi connectivity index (χ4v) is 4.65. The zero-order valence-electron chi connectivity index (χ0n) is 17.7. The molecule has 0 spiro atoms. The molecule has 33 heavy (non-hydrogen) atoms. The smallest absolute Gasteiger partial charge is 0.260 e. The van der Waals surface area contributed by atoms with Crippen LogP contribution in [0.1, 0.15) is 27.0 Å². The van der Waals surface area contributed by atoms with E-state index in [1.807, 2.05) is 60.7 Å². The summed E-state index contributed by atoms with van der Waals surface area (Å²) in [5, 5.41) is 0.456. The molecule has 0 aliphatic rings. The number of fused-ring (bicyclic) bond motifs is 1. The van der Waals surface area contributed by atoms with Gasteiger partial charge in [0.15, 0.2) is 5.13 Å². The lowest BCUT2D eigenvalue weighted by Crippen LogP contribution is -2.30.